The Morgan fingerprint density at radius 3 is 2.30 bits per heavy atom. The number of halogens is 1. The Labute approximate surface area is 158 Å². The van der Waals surface area contributed by atoms with Gasteiger partial charge in [0.05, 0.1) is 0 Å². The first-order valence-corrected chi connectivity index (χ1v) is 8.63. The summed E-state index contributed by atoms with van der Waals surface area (Å²) in [6.07, 6.45) is 6.49. The second-order valence-electron chi connectivity index (χ2n) is 6.00. The number of rotatable bonds is 9. The number of aliphatic imine (C=N–C) groups is 1. The highest BCUT2D eigenvalue weighted by atomic mass is 127. The van der Waals surface area contributed by atoms with Crippen molar-refractivity contribution in [3.05, 3.63) is 0 Å². The summed E-state index contributed by atoms with van der Waals surface area (Å²) in [7, 11) is 1.81. The Hall–Kier alpha value is -0.570. The zero-order chi connectivity index (χ0) is 16.2. The average Bonchev–Trinajstić information content (AvgIpc) is 2.53. The molecule has 0 aromatic carbocycles. The second-order valence-corrected chi connectivity index (χ2v) is 6.00. The van der Waals surface area contributed by atoms with Crippen LogP contribution in [0.4, 0.5) is 0 Å². The number of carbonyl (C=O) groups excluding carboxylic acids is 1. The van der Waals surface area contributed by atoms with Gasteiger partial charge >= 0.3 is 0 Å². The number of amides is 1. The molecule has 0 spiro atoms. The summed E-state index contributed by atoms with van der Waals surface area (Å²) in [5.41, 5.74) is 5.35. The van der Waals surface area contributed by atoms with Gasteiger partial charge in [0.15, 0.2) is 5.96 Å². The van der Waals surface area contributed by atoms with Crippen LogP contribution in [0.1, 0.15) is 45.4 Å². The highest BCUT2D eigenvalue weighted by Gasteiger charge is 2.22. The first-order valence-electron chi connectivity index (χ1n) is 8.63. The summed E-state index contributed by atoms with van der Waals surface area (Å²) >= 11 is 0. The third-order valence-electron chi connectivity index (χ3n) is 4.23. The van der Waals surface area contributed by atoms with Crippen LogP contribution >= 0.6 is 24.0 Å². The van der Waals surface area contributed by atoms with Crippen molar-refractivity contribution in [3.8, 4) is 0 Å². The van der Waals surface area contributed by atoms with Crippen LogP contribution in [0.25, 0.3) is 0 Å². The van der Waals surface area contributed by atoms with E-state index in [1.165, 1.54) is 19.3 Å². The van der Waals surface area contributed by atoms with Crippen LogP contribution in [0.2, 0.25) is 0 Å². The number of hydrogen-bond donors (Lipinski definition) is 3. The van der Waals surface area contributed by atoms with Gasteiger partial charge in [0.2, 0.25) is 5.91 Å². The third-order valence-corrected chi connectivity index (χ3v) is 4.23. The van der Waals surface area contributed by atoms with Crippen LogP contribution in [-0.2, 0) is 4.79 Å². The molecule has 1 aliphatic rings. The van der Waals surface area contributed by atoms with Gasteiger partial charge in [0.1, 0.15) is 0 Å². The minimum absolute atomic E-state index is 0. The zero-order valence-electron chi connectivity index (χ0n) is 14.6. The smallest absolute Gasteiger partial charge is 0.220 e. The molecule has 1 saturated heterocycles. The lowest BCUT2D eigenvalue weighted by Crippen LogP contribution is -2.40. The molecule has 1 rings (SSSR count). The molecule has 0 aromatic heterocycles. The van der Waals surface area contributed by atoms with Crippen molar-refractivity contribution in [1.29, 1.82) is 0 Å². The van der Waals surface area contributed by atoms with E-state index >= 15 is 0 Å². The lowest BCUT2D eigenvalue weighted by molar-refractivity contribution is -0.123. The van der Waals surface area contributed by atoms with Crippen LogP contribution in [0.15, 0.2) is 4.99 Å². The molecule has 0 aliphatic carbocycles. The van der Waals surface area contributed by atoms with E-state index in [0.717, 1.165) is 57.9 Å². The minimum Gasteiger partial charge on any atom is -0.369 e. The molecule has 23 heavy (non-hydrogen) atoms. The van der Waals surface area contributed by atoms with Crippen molar-refractivity contribution in [3.63, 3.8) is 0 Å². The first kappa shape index (κ1) is 22.4. The Kier molecular flexibility index (Phi) is 13.5. The number of nitrogens with two attached hydrogens (primary N) is 1. The summed E-state index contributed by atoms with van der Waals surface area (Å²) in [6, 6.07) is 0. The van der Waals surface area contributed by atoms with Gasteiger partial charge in [-0.2, -0.15) is 0 Å². The number of nitrogens with zero attached hydrogens (tertiary/aromatic N) is 2. The maximum atomic E-state index is 11.1. The van der Waals surface area contributed by atoms with Crippen molar-refractivity contribution in [2.45, 2.75) is 45.4 Å². The Bertz CT molecular complexity index is 343. The lowest BCUT2D eigenvalue weighted by Gasteiger charge is -2.30. The summed E-state index contributed by atoms with van der Waals surface area (Å²) < 4.78 is 0. The van der Waals surface area contributed by atoms with Crippen molar-refractivity contribution in [2.24, 2.45) is 16.6 Å². The van der Waals surface area contributed by atoms with E-state index < -0.39 is 0 Å². The molecule has 1 fully saturated rings. The largest absolute Gasteiger partial charge is 0.369 e. The van der Waals surface area contributed by atoms with E-state index in [1.807, 2.05) is 7.05 Å². The number of primary amides is 1. The van der Waals surface area contributed by atoms with E-state index in [1.54, 1.807) is 0 Å². The van der Waals surface area contributed by atoms with E-state index in [-0.39, 0.29) is 35.8 Å². The molecule has 0 bridgehead atoms. The number of guanidine groups is 1. The highest BCUT2D eigenvalue weighted by molar-refractivity contribution is 14.0. The Balaban J connectivity index is 0.00000484. The van der Waals surface area contributed by atoms with E-state index in [2.05, 4.69) is 27.4 Å². The fourth-order valence-electron chi connectivity index (χ4n) is 2.71. The van der Waals surface area contributed by atoms with Gasteiger partial charge in [0.25, 0.3) is 0 Å². The van der Waals surface area contributed by atoms with Crippen molar-refractivity contribution in [1.82, 2.24) is 15.5 Å². The number of hydrogen-bond acceptors (Lipinski definition) is 3. The molecule has 0 atom stereocenters. The predicted octanol–water partition coefficient (Wildman–Crippen LogP) is 1.55. The van der Waals surface area contributed by atoms with Gasteiger partial charge in [-0.1, -0.05) is 13.3 Å². The van der Waals surface area contributed by atoms with Crippen molar-refractivity contribution in [2.75, 3.05) is 39.8 Å². The quantitative estimate of drug-likeness (QED) is 0.220. The molecule has 1 heterocycles. The minimum atomic E-state index is -0.134. The molecular weight excluding hydrogens is 405 g/mol. The van der Waals surface area contributed by atoms with E-state index in [0.29, 0.717) is 0 Å². The summed E-state index contributed by atoms with van der Waals surface area (Å²) in [4.78, 5) is 17.8. The molecular formula is C16H34IN5O. The fourth-order valence-corrected chi connectivity index (χ4v) is 2.71. The average molecular weight is 439 g/mol. The molecule has 0 aromatic rings. The van der Waals surface area contributed by atoms with Gasteiger partial charge < -0.3 is 21.3 Å². The Morgan fingerprint density at radius 1 is 1.17 bits per heavy atom. The molecule has 4 N–H and O–H groups in total. The standard InChI is InChI=1S/C16H33N5O.HI/c1-3-4-9-19-16(18-2)20-10-5-6-11-21-12-7-14(8-13-21)15(17)22;/h14H,3-13H2,1-2H3,(H2,17,22)(H2,18,19,20);1H. The lowest BCUT2D eigenvalue weighted by atomic mass is 9.96. The molecule has 0 radical (unpaired) electrons. The molecule has 0 saturated carbocycles. The topological polar surface area (TPSA) is 82.8 Å². The van der Waals surface area contributed by atoms with Crippen LogP contribution in [0.3, 0.4) is 0 Å². The molecule has 1 aliphatic heterocycles. The number of carbonyl (C=O) groups is 1. The highest BCUT2D eigenvalue weighted by Crippen LogP contribution is 2.16. The summed E-state index contributed by atoms with van der Waals surface area (Å²) in [5, 5.41) is 6.66. The first-order chi connectivity index (χ1) is 10.7. The fraction of sp³-hybridized carbons (Fsp3) is 0.875. The predicted molar refractivity (Wildman–Crippen MR) is 107 cm³/mol. The normalized spacial score (nSPS) is 16.7. The van der Waals surface area contributed by atoms with E-state index in [4.69, 9.17) is 5.73 Å². The van der Waals surface area contributed by atoms with Gasteiger partial charge in [-0.25, -0.2) is 0 Å². The maximum absolute atomic E-state index is 11.1. The number of nitrogens with one attached hydrogen (secondary N) is 2. The van der Waals surface area contributed by atoms with Gasteiger partial charge in [-0.05, 0) is 51.7 Å². The number of piperidine rings is 1. The number of likely N-dealkylation sites (tertiary alicyclic amines) is 1. The second kappa shape index (κ2) is 13.8. The SMILES string of the molecule is CCCCNC(=NC)NCCCCN1CCC(C(N)=O)CC1.I. The molecule has 0 unspecified atom stereocenters. The van der Waals surface area contributed by atoms with Gasteiger partial charge in [0, 0.05) is 26.1 Å². The summed E-state index contributed by atoms with van der Waals surface area (Å²) in [6.45, 7) is 7.22. The van der Waals surface area contributed by atoms with Crippen LogP contribution in [-0.4, -0.2) is 56.5 Å². The molecule has 6 nitrogen and oxygen atoms in total. The third kappa shape index (κ3) is 10.0. The van der Waals surface area contributed by atoms with Crippen LogP contribution in [0.5, 0.6) is 0 Å². The number of unbranched alkanes of at least 4 members (excludes halogenated alkanes) is 2. The molecule has 136 valence electrons. The van der Waals surface area contributed by atoms with Crippen LogP contribution in [0, 0.1) is 5.92 Å². The van der Waals surface area contributed by atoms with Crippen molar-refractivity contribution >= 4 is 35.8 Å². The molecule has 7 heteroatoms. The van der Waals surface area contributed by atoms with Gasteiger partial charge in [-0.3, -0.25) is 9.79 Å². The zero-order valence-corrected chi connectivity index (χ0v) is 17.0. The Morgan fingerprint density at radius 2 is 1.78 bits per heavy atom. The molecule has 1 amide bonds. The maximum Gasteiger partial charge on any atom is 0.220 e. The monoisotopic (exact) mass is 439 g/mol. The summed E-state index contributed by atoms with van der Waals surface area (Å²) in [5.74, 6) is 0.858. The van der Waals surface area contributed by atoms with Crippen molar-refractivity contribution < 1.29 is 4.79 Å². The van der Waals surface area contributed by atoms with Crippen LogP contribution < -0.4 is 16.4 Å². The van der Waals surface area contributed by atoms with Gasteiger partial charge in [-0.15, -0.1) is 24.0 Å². The van der Waals surface area contributed by atoms with E-state index in [9.17, 15) is 4.79 Å².